The van der Waals surface area contributed by atoms with E-state index in [0.717, 1.165) is 4.47 Å². The highest BCUT2D eigenvalue weighted by Gasteiger charge is 2.16. The molecule has 26 heavy (non-hydrogen) atoms. The number of phenols is 1. The molecule has 1 aromatic carbocycles. The molecule has 0 radical (unpaired) electrons. The summed E-state index contributed by atoms with van der Waals surface area (Å²) in [6.07, 6.45) is 1.48. The molecule has 2 heterocycles. The second-order valence-electron chi connectivity index (χ2n) is 5.12. The number of nitrogens with zero attached hydrogens (tertiary/aromatic N) is 5. The second kappa shape index (κ2) is 9.51. The molecular formula is C15H18BrClN6O3. The Morgan fingerprint density at radius 2 is 2.08 bits per heavy atom. The molecule has 0 spiro atoms. The van der Waals surface area contributed by atoms with Crippen molar-refractivity contribution in [1.82, 2.24) is 15.0 Å². The molecule has 1 aliphatic rings. The van der Waals surface area contributed by atoms with E-state index in [1.54, 1.807) is 18.2 Å². The maximum atomic E-state index is 9.81. The van der Waals surface area contributed by atoms with Gasteiger partial charge in [-0.1, -0.05) is 15.9 Å². The van der Waals surface area contributed by atoms with Crippen LogP contribution in [-0.2, 0) is 4.74 Å². The van der Waals surface area contributed by atoms with Crippen LogP contribution in [0.4, 0.5) is 11.9 Å². The van der Waals surface area contributed by atoms with E-state index in [1.807, 2.05) is 4.90 Å². The Morgan fingerprint density at radius 1 is 1.31 bits per heavy atom. The first-order valence-electron chi connectivity index (χ1n) is 7.56. The number of rotatable bonds is 5. The van der Waals surface area contributed by atoms with Gasteiger partial charge in [0.1, 0.15) is 5.75 Å². The number of ether oxygens (including phenoxy) is 2. The number of phenolic OH excluding ortho intramolecular Hbond substituents is 1. The van der Waals surface area contributed by atoms with E-state index in [1.165, 1.54) is 13.3 Å². The molecule has 140 valence electrons. The third-order valence-electron chi connectivity index (χ3n) is 3.44. The summed E-state index contributed by atoms with van der Waals surface area (Å²) in [5, 5.41) is 13.9. The first kappa shape index (κ1) is 20.1. The number of morpholine rings is 1. The molecule has 0 unspecified atom stereocenters. The molecule has 2 aromatic rings. The number of aromatic nitrogens is 3. The van der Waals surface area contributed by atoms with Crippen molar-refractivity contribution in [3.63, 3.8) is 0 Å². The van der Waals surface area contributed by atoms with Crippen LogP contribution in [0.1, 0.15) is 5.56 Å². The zero-order chi connectivity index (χ0) is 17.6. The molecule has 0 saturated carbocycles. The van der Waals surface area contributed by atoms with Crippen LogP contribution in [0.3, 0.4) is 0 Å². The van der Waals surface area contributed by atoms with Crippen molar-refractivity contribution in [2.75, 3.05) is 43.7 Å². The minimum absolute atomic E-state index is 0. The fourth-order valence-electron chi connectivity index (χ4n) is 2.18. The van der Waals surface area contributed by atoms with Crippen LogP contribution in [0, 0.1) is 0 Å². The number of aromatic hydroxyl groups is 1. The minimum atomic E-state index is 0. The summed E-state index contributed by atoms with van der Waals surface area (Å²) in [6, 6.07) is 5.26. The number of hydrogen-bond acceptors (Lipinski definition) is 9. The van der Waals surface area contributed by atoms with Crippen LogP contribution in [0.15, 0.2) is 27.8 Å². The Kier molecular flexibility index (Phi) is 7.37. The van der Waals surface area contributed by atoms with Gasteiger partial charge < -0.3 is 19.5 Å². The molecule has 0 aliphatic carbocycles. The highest BCUT2D eigenvalue weighted by Crippen LogP contribution is 2.20. The third kappa shape index (κ3) is 5.16. The lowest BCUT2D eigenvalue weighted by Gasteiger charge is -2.26. The maximum Gasteiger partial charge on any atom is 0.322 e. The Labute approximate surface area is 165 Å². The van der Waals surface area contributed by atoms with Gasteiger partial charge in [-0.3, -0.25) is 0 Å². The van der Waals surface area contributed by atoms with E-state index in [2.05, 4.69) is 41.4 Å². The number of hydrogen-bond donors (Lipinski definition) is 2. The van der Waals surface area contributed by atoms with E-state index in [9.17, 15) is 5.11 Å². The molecule has 1 fully saturated rings. The zero-order valence-electron chi connectivity index (χ0n) is 13.9. The Morgan fingerprint density at radius 3 is 2.81 bits per heavy atom. The summed E-state index contributed by atoms with van der Waals surface area (Å²) in [5.41, 5.74) is 3.29. The predicted molar refractivity (Wildman–Crippen MR) is 104 cm³/mol. The van der Waals surface area contributed by atoms with Crippen LogP contribution < -0.4 is 15.1 Å². The molecule has 11 heteroatoms. The molecule has 9 nitrogen and oxygen atoms in total. The number of hydrazone groups is 1. The molecule has 2 N–H and O–H groups in total. The summed E-state index contributed by atoms with van der Waals surface area (Å²) < 4.78 is 11.3. The fourth-order valence-corrected chi connectivity index (χ4v) is 2.56. The van der Waals surface area contributed by atoms with Gasteiger partial charge in [-0.25, -0.2) is 5.43 Å². The molecule has 0 atom stereocenters. The van der Waals surface area contributed by atoms with Gasteiger partial charge in [0.2, 0.25) is 5.95 Å². The van der Waals surface area contributed by atoms with Crippen LogP contribution in [0.25, 0.3) is 0 Å². The number of methoxy groups -OCH3 is 1. The van der Waals surface area contributed by atoms with Crippen molar-refractivity contribution in [2.45, 2.75) is 0 Å². The highest BCUT2D eigenvalue weighted by molar-refractivity contribution is 9.10. The van der Waals surface area contributed by atoms with E-state index in [0.29, 0.717) is 37.8 Å². The first-order valence-corrected chi connectivity index (χ1v) is 8.35. The second-order valence-corrected chi connectivity index (χ2v) is 6.03. The van der Waals surface area contributed by atoms with E-state index >= 15 is 0 Å². The van der Waals surface area contributed by atoms with Crippen molar-refractivity contribution in [3.8, 4) is 11.8 Å². The largest absolute Gasteiger partial charge is 0.507 e. The first-order chi connectivity index (χ1) is 12.2. The van der Waals surface area contributed by atoms with Crippen molar-refractivity contribution in [3.05, 3.63) is 28.2 Å². The third-order valence-corrected chi connectivity index (χ3v) is 3.93. The maximum absolute atomic E-state index is 9.81. The lowest BCUT2D eigenvalue weighted by Crippen LogP contribution is -2.37. The van der Waals surface area contributed by atoms with E-state index < -0.39 is 0 Å². The summed E-state index contributed by atoms with van der Waals surface area (Å²) in [7, 11) is 1.49. The van der Waals surface area contributed by atoms with Gasteiger partial charge >= 0.3 is 6.01 Å². The SMILES string of the molecule is COc1nc(NN=Cc2cc(Br)ccc2O)nc(N2CCOCC2)n1.Cl. The number of nitrogens with one attached hydrogen (secondary N) is 1. The molecule has 3 rings (SSSR count). The van der Waals surface area contributed by atoms with Crippen LogP contribution in [0.5, 0.6) is 11.8 Å². The minimum Gasteiger partial charge on any atom is -0.507 e. The Bertz CT molecular complexity index is 773. The van der Waals surface area contributed by atoms with Gasteiger partial charge in [-0.15, -0.1) is 12.4 Å². The Balaban J connectivity index is 0.00000243. The van der Waals surface area contributed by atoms with Crippen molar-refractivity contribution < 1.29 is 14.6 Å². The molecule has 1 saturated heterocycles. The van der Waals surface area contributed by atoms with Crippen molar-refractivity contribution in [2.24, 2.45) is 5.10 Å². The Hall–Kier alpha value is -2.17. The van der Waals surface area contributed by atoms with Crippen molar-refractivity contribution >= 4 is 46.4 Å². The van der Waals surface area contributed by atoms with Crippen LogP contribution in [-0.4, -0.2) is 59.7 Å². The van der Waals surface area contributed by atoms with Gasteiger partial charge in [-0.2, -0.15) is 20.1 Å². The molecule has 1 aromatic heterocycles. The van der Waals surface area contributed by atoms with Crippen molar-refractivity contribution in [1.29, 1.82) is 0 Å². The number of halogens is 2. The lowest BCUT2D eigenvalue weighted by molar-refractivity contribution is 0.122. The number of benzene rings is 1. The lowest BCUT2D eigenvalue weighted by atomic mass is 10.2. The highest BCUT2D eigenvalue weighted by atomic mass is 79.9. The zero-order valence-corrected chi connectivity index (χ0v) is 16.3. The van der Waals surface area contributed by atoms with Crippen LogP contribution in [0.2, 0.25) is 0 Å². The smallest absolute Gasteiger partial charge is 0.322 e. The molecule has 0 bridgehead atoms. The predicted octanol–water partition coefficient (Wildman–Crippen LogP) is 2.05. The number of anilines is 2. The van der Waals surface area contributed by atoms with Gasteiger partial charge in [-0.05, 0) is 18.2 Å². The average Bonchev–Trinajstić information content (AvgIpc) is 2.65. The van der Waals surface area contributed by atoms with E-state index in [-0.39, 0.29) is 30.1 Å². The molecular weight excluding hydrogens is 428 g/mol. The average molecular weight is 446 g/mol. The summed E-state index contributed by atoms with van der Waals surface area (Å²) in [6.45, 7) is 2.64. The van der Waals surface area contributed by atoms with Gasteiger partial charge in [0.15, 0.2) is 0 Å². The monoisotopic (exact) mass is 444 g/mol. The van der Waals surface area contributed by atoms with Gasteiger partial charge in [0.05, 0.1) is 26.5 Å². The molecule has 1 aliphatic heterocycles. The van der Waals surface area contributed by atoms with Crippen LogP contribution >= 0.6 is 28.3 Å². The normalized spacial score (nSPS) is 14.2. The summed E-state index contributed by atoms with van der Waals surface area (Å²) in [5.74, 6) is 0.869. The van der Waals surface area contributed by atoms with Gasteiger partial charge in [0.25, 0.3) is 5.95 Å². The van der Waals surface area contributed by atoms with Gasteiger partial charge in [0, 0.05) is 23.1 Å². The summed E-state index contributed by atoms with van der Waals surface area (Å²) >= 11 is 3.35. The quantitative estimate of drug-likeness (QED) is 0.532. The topological polar surface area (TPSA) is 105 Å². The molecule has 0 amide bonds. The standard InChI is InChI=1S/C15H17BrN6O3.ClH/c1-24-15-19-13(18-14(20-15)22-4-6-25-7-5-22)21-17-9-10-8-11(16)2-3-12(10)23;/h2-3,8-9,23H,4-7H2,1H3,(H,18,19,20,21);1H. The fraction of sp³-hybridized carbons (Fsp3) is 0.333. The summed E-state index contributed by atoms with van der Waals surface area (Å²) in [4.78, 5) is 14.7. The van der Waals surface area contributed by atoms with E-state index in [4.69, 9.17) is 9.47 Å².